The van der Waals surface area contributed by atoms with E-state index in [1.807, 2.05) is 54.6 Å². The minimum Gasteiger partial charge on any atom is -0.392 e. The van der Waals surface area contributed by atoms with E-state index in [2.05, 4.69) is 27.1 Å². The van der Waals surface area contributed by atoms with Crippen molar-refractivity contribution in [1.29, 1.82) is 0 Å². The molecule has 5 heteroatoms. The molecule has 2 aromatic heterocycles. The van der Waals surface area contributed by atoms with E-state index in [1.165, 1.54) is 0 Å². The summed E-state index contributed by atoms with van der Waals surface area (Å²) in [4.78, 5) is 17.1. The van der Waals surface area contributed by atoms with Crippen molar-refractivity contribution in [2.24, 2.45) is 0 Å². The molecule has 0 aliphatic carbocycles. The second kappa shape index (κ2) is 6.30. The van der Waals surface area contributed by atoms with Gasteiger partial charge in [-0.25, -0.2) is 15.0 Å². The molecular formula is C22H16N4O. The summed E-state index contributed by atoms with van der Waals surface area (Å²) in [5, 5.41) is 9.32. The SMILES string of the molecule is OCc1ccc(-c2[nH]c3cc4ncnc4cc3nc2-c2ccccc2)cc1. The Kier molecular flexibility index (Phi) is 3.66. The summed E-state index contributed by atoms with van der Waals surface area (Å²) in [7, 11) is 0. The van der Waals surface area contributed by atoms with Gasteiger partial charge in [-0.2, -0.15) is 0 Å². The number of imidazole rings is 1. The van der Waals surface area contributed by atoms with E-state index in [1.54, 1.807) is 6.33 Å². The van der Waals surface area contributed by atoms with Gasteiger partial charge >= 0.3 is 0 Å². The highest BCUT2D eigenvalue weighted by atomic mass is 16.3. The molecule has 5 aromatic rings. The van der Waals surface area contributed by atoms with Crippen LogP contribution in [0.4, 0.5) is 0 Å². The summed E-state index contributed by atoms with van der Waals surface area (Å²) >= 11 is 0. The lowest BCUT2D eigenvalue weighted by atomic mass is 10.0. The molecule has 0 amide bonds. The maximum absolute atomic E-state index is 9.32. The lowest BCUT2D eigenvalue weighted by Gasteiger charge is -2.12. The number of aromatic nitrogens is 4. The van der Waals surface area contributed by atoms with Crippen LogP contribution in [-0.2, 0) is 6.61 Å². The first-order valence-corrected chi connectivity index (χ1v) is 8.72. The fraction of sp³-hybridized carbons (Fsp3) is 0.0455. The van der Waals surface area contributed by atoms with Crippen LogP contribution in [0.1, 0.15) is 5.56 Å². The minimum atomic E-state index is 0.0269. The van der Waals surface area contributed by atoms with E-state index in [-0.39, 0.29) is 6.61 Å². The second-order valence-corrected chi connectivity index (χ2v) is 6.41. The van der Waals surface area contributed by atoms with E-state index >= 15 is 0 Å². The molecule has 0 fully saturated rings. The molecule has 3 aromatic carbocycles. The maximum Gasteiger partial charge on any atom is 0.116 e. The van der Waals surface area contributed by atoms with E-state index in [0.717, 1.165) is 50.1 Å². The predicted molar refractivity (Wildman–Crippen MR) is 106 cm³/mol. The van der Waals surface area contributed by atoms with Gasteiger partial charge in [-0.15, -0.1) is 0 Å². The number of fused-ring (bicyclic) bond motifs is 2. The van der Waals surface area contributed by atoms with Gasteiger partial charge in [-0.1, -0.05) is 54.6 Å². The molecule has 2 N–H and O–H groups in total. The zero-order valence-electron chi connectivity index (χ0n) is 14.4. The molecule has 0 bridgehead atoms. The summed E-state index contributed by atoms with van der Waals surface area (Å²) in [5.41, 5.74) is 8.15. The van der Waals surface area contributed by atoms with Gasteiger partial charge in [0.1, 0.15) is 6.33 Å². The van der Waals surface area contributed by atoms with Gasteiger partial charge in [0, 0.05) is 11.1 Å². The van der Waals surface area contributed by atoms with Crippen LogP contribution in [0.2, 0.25) is 0 Å². The van der Waals surface area contributed by atoms with Crippen LogP contribution >= 0.6 is 0 Å². The first kappa shape index (κ1) is 15.7. The molecule has 0 saturated carbocycles. The lowest BCUT2D eigenvalue weighted by Crippen LogP contribution is -1.96. The number of H-pyrrole nitrogens is 1. The van der Waals surface area contributed by atoms with Gasteiger partial charge in [0.05, 0.1) is 40.1 Å². The molecule has 27 heavy (non-hydrogen) atoms. The van der Waals surface area contributed by atoms with Crippen molar-refractivity contribution in [2.75, 3.05) is 0 Å². The Morgan fingerprint density at radius 1 is 0.778 bits per heavy atom. The molecule has 5 nitrogen and oxygen atoms in total. The van der Waals surface area contributed by atoms with Gasteiger partial charge < -0.3 is 10.1 Å². The van der Waals surface area contributed by atoms with Crippen molar-refractivity contribution in [3.63, 3.8) is 0 Å². The van der Waals surface area contributed by atoms with E-state index in [0.29, 0.717) is 0 Å². The van der Waals surface area contributed by atoms with Crippen LogP contribution < -0.4 is 0 Å². The Morgan fingerprint density at radius 2 is 1.52 bits per heavy atom. The normalized spacial score (nSPS) is 11.3. The first-order chi connectivity index (χ1) is 13.3. The Morgan fingerprint density at radius 3 is 2.26 bits per heavy atom. The van der Waals surface area contributed by atoms with Gasteiger partial charge in [0.2, 0.25) is 0 Å². The van der Waals surface area contributed by atoms with E-state index in [4.69, 9.17) is 4.98 Å². The van der Waals surface area contributed by atoms with Crippen molar-refractivity contribution < 1.29 is 5.11 Å². The largest absolute Gasteiger partial charge is 0.392 e. The van der Waals surface area contributed by atoms with Crippen molar-refractivity contribution in [1.82, 2.24) is 19.9 Å². The Bertz CT molecular complexity index is 1240. The van der Waals surface area contributed by atoms with Crippen LogP contribution in [0.5, 0.6) is 0 Å². The first-order valence-electron chi connectivity index (χ1n) is 8.72. The zero-order valence-corrected chi connectivity index (χ0v) is 14.4. The summed E-state index contributed by atoms with van der Waals surface area (Å²) in [5.74, 6) is 0. The molecule has 2 heterocycles. The van der Waals surface area contributed by atoms with Crippen LogP contribution in [0.25, 0.3) is 44.6 Å². The summed E-state index contributed by atoms with van der Waals surface area (Å²) in [6.45, 7) is 0.0269. The summed E-state index contributed by atoms with van der Waals surface area (Å²) < 4.78 is 0. The van der Waals surface area contributed by atoms with Crippen molar-refractivity contribution >= 4 is 22.1 Å². The molecule has 130 valence electrons. The molecule has 0 aliphatic rings. The van der Waals surface area contributed by atoms with Gasteiger partial charge in [-0.05, 0) is 17.7 Å². The molecule has 5 rings (SSSR count). The molecular weight excluding hydrogens is 336 g/mol. The third kappa shape index (κ3) is 2.74. The average molecular weight is 352 g/mol. The quantitative estimate of drug-likeness (QED) is 0.507. The van der Waals surface area contributed by atoms with Crippen molar-refractivity contribution in [3.8, 4) is 22.5 Å². The van der Waals surface area contributed by atoms with Crippen molar-refractivity contribution in [2.45, 2.75) is 6.61 Å². The smallest absolute Gasteiger partial charge is 0.116 e. The molecule has 0 atom stereocenters. The lowest BCUT2D eigenvalue weighted by molar-refractivity contribution is 0.282. The summed E-state index contributed by atoms with van der Waals surface area (Å²) in [6, 6.07) is 21.9. The third-order valence-corrected chi connectivity index (χ3v) is 4.69. The van der Waals surface area contributed by atoms with E-state index < -0.39 is 0 Å². The van der Waals surface area contributed by atoms with Crippen LogP contribution in [0.15, 0.2) is 73.1 Å². The highest BCUT2D eigenvalue weighted by Gasteiger charge is 2.13. The number of aliphatic hydroxyl groups is 1. The fourth-order valence-corrected chi connectivity index (χ4v) is 3.28. The number of aromatic amines is 1. The molecule has 0 unspecified atom stereocenters. The number of hydrogen-bond acceptors (Lipinski definition) is 4. The molecule has 0 radical (unpaired) electrons. The van der Waals surface area contributed by atoms with Crippen molar-refractivity contribution in [3.05, 3.63) is 78.6 Å². The fourth-order valence-electron chi connectivity index (χ4n) is 3.28. The standard InChI is InChI=1S/C22H16N4O/c27-12-14-6-8-16(9-7-14)22-21(15-4-2-1-3-5-15)25-19-10-17-18(24-13-23-17)11-20(19)26-22/h1-11,13,26-27H,12H2. The summed E-state index contributed by atoms with van der Waals surface area (Å²) in [6.07, 6.45) is 1.57. The highest BCUT2D eigenvalue weighted by Crippen LogP contribution is 2.32. The molecule has 0 aliphatic heterocycles. The van der Waals surface area contributed by atoms with Crippen LogP contribution in [0, 0.1) is 0 Å². The number of aliphatic hydroxyl groups excluding tert-OH is 1. The third-order valence-electron chi connectivity index (χ3n) is 4.69. The highest BCUT2D eigenvalue weighted by molar-refractivity contribution is 5.94. The van der Waals surface area contributed by atoms with Crippen LogP contribution in [0.3, 0.4) is 0 Å². The topological polar surface area (TPSA) is 74.7 Å². The van der Waals surface area contributed by atoms with Gasteiger partial charge in [0.25, 0.3) is 0 Å². The Labute approximate surface area is 155 Å². The number of hydrogen-bond donors (Lipinski definition) is 2. The maximum atomic E-state index is 9.32. The van der Waals surface area contributed by atoms with Crippen LogP contribution in [-0.4, -0.2) is 25.0 Å². The second-order valence-electron chi connectivity index (χ2n) is 6.41. The monoisotopic (exact) mass is 352 g/mol. The minimum absolute atomic E-state index is 0.0269. The Balaban J connectivity index is 1.80. The number of nitrogens with one attached hydrogen (secondary N) is 1. The number of nitrogens with zero attached hydrogens (tertiary/aromatic N) is 3. The average Bonchev–Trinajstić information content (AvgIpc) is 3.19. The number of rotatable bonds is 3. The number of benzene rings is 3. The zero-order chi connectivity index (χ0) is 18.2. The van der Waals surface area contributed by atoms with E-state index in [9.17, 15) is 5.11 Å². The van der Waals surface area contributed by atoms with Gasteiger partial charge in [0.15, 0.2) is 0 Å². The predicted octanol–water partition coefficient (Wildman–Crippen LogP) is 4.33. The molecule has 0 spiro atoms. The molecule has 0 saturated heterocycles. The van der Waals surface area contributed by atoms with Gasteiger partial charge in [-0.3, -0.25) is 0 Å². The Hall–Kier alpha value is -3.57.